The molecule has 0 aromatic heterocycles. The molecule has 0 saturated carbocycles. The number of halogens is 1. The lowest BCUT2D eigenvalue weighted by molar-refractivity contribution is 0.847. The molecule has 0 bridgehead atoms. The Morgan fingerprint density at radius 3 is 2.77 bits per heavy atom. The van der Waals surface area contributed by atoms with Crippen molar-refractivity contribution in [2.45, 2.75) is 18.7 Å². The highest BCUT2D eigenvalue weighted by Gasteiger charge is 1.99. The molecule has 2 N–H and O–H groups in total. The van der Waals surface area contributed by atoms with Gasteiger partial charge in [0.05, 0.1) is 0 Å². The summed E-state index contributed by atoms with van der Waals surface area (Å²) in [4.78, 5) is 0. The van der Waals surface area contributed by atoms with Gasteiger partial charge in [-0.15, -0.1) is 0 Å². The van der Waals surface area contributed by atoms with Gasteiger partial charge in [-0.3, -0.25) is 0 Å². The second kappa shape index (κ2) is 5.53. The second-order valence-corrected chi connectivity index (χ2v) is 4.52. The zero-order valence-corrected chi connectivity index (χ0v) is 9.24. The van der Waals surface area contributed by atoms with Crippen LogP contribution in [0.5, 0.6) is 0 Å². The van der Waals surface area contributed by atoms with Gasteiger partial charge in [-0.2, -0.15) is 11.8 Å². The first-order valence-corrected chi connectivity index (χ1v) is 5.80. The molecule has 1 aromatic rings. The molecule has 1 rings (SSSR count). The van der Waals surface area contributed by atoms with Crippen LogP contribution in [0.15, 0.2) is 24.3 Å². The third-order valence-electron chi connectivity index (χ3n) is 1.60. The third kappa shape index (κ3) is 4.03. The van der Waals surface area contributed by atoms with E-state index in [4.69, 9.17) is 17.3 Å². The van der Waals surface area contributed by atoms with E-state index in [0.717, 1.165) is 16.5 Å². The SMILES string of the molecule is C[C@@H](N)CSCc1ccccc1Cl. The second-order valence-electron chi connectivity index (χ2n) is 3.08. The summed E-state index contributed by atoms with van der Waals surface area (Å²) in [7, 11) is 0. The van der Waals surface area contributed by atoms with E-state index in [1.54, 1.807) is 0 Å². The highest BCUT2D eigenvalue weighted by Crippen LogP contribution is 2.20. The summed E-state index contributed by atoms with van der Waals surface area (Å²) >= 11 is 7.81. The number of thioether (sulfide) groups is 1. The van der Waals surface area contributed by atoms with Crippen LogP contribution in [0.1, 0.15) is 12.5 Å². The van der Waals surface area contributed by atoms with Crippen LogP contribution in [0, 0.1) is 0 Å². The van der Waals surface area contributed by atoms with Crippen molar-refractivity contribution in [3.05, 3.63) is 34.9 Å². The number of hydrogen-bond donors (Lipinski definition) is 1. The van der Waals surface area contributed by atoms with Gasteiger partial charge >= 0.3 is 0 Å². The molecule has 0 radical (unpaired) electrons. The lowest BCUT2D eigenvalue weighted by Gasteiger charge is -2.05. The molecular weight excluding hydrogens is 202 g/mol. The first kappa shape index (κ1) is 10.9. The van der Waals surface area contributed by atoms with Gasteiger partial charge < -0.3 is 5.73 Å². The summed E-state index contributed by atoms with van der Waals surface area (Å²) in [6.07, 6.45) is 0. The Morgan fingerprint density at radius 2 is 2.15 bits per heavy atom. The fourth-order valence-corrected chi connectivity index (χ4v) is 2.21. The van der Waals surface area contributed by atoms with E-state index in [2.05, 4.69) is 6.07 Å². The quantitative estimate of drug-likeness (QED) is 0.836. The van der Waals surface area contributed by atoms with Crippen LogP contribution in [0.25, 0.3) is 0 Å². The standard InChI is InChI=1S/C10H14ClNS/c1-8(12)6-13-7-9-4-2-3-5-10(9)11/h2-5,8H,6-7,12H2,1H3/t8-/m1/s1. The minimum Gasteiger partial charge on any atom is -0.327 e. The number of hydrogen-bond acceptors (Lipinski definition) is 2. The van der Waals surface area contributed by atoms with Crippen LogP contribution in [0.3, 0.4) is 0 Å². The van der Waals surface area contributed by atoms with Gasteiger partial charge in [-0.1, -0.05) is 29.8 Å². The average molecular weight is 216 g/mol. The van der Waals surface area contributed by atoms with Crippen LogP contribution >= 0.6 is 23.4 Å². The monoisotopic (exact) mass is 215 g/mol. The summed E-state index contributed by atoms with van der Waals surface area (Å²) < 4.78 is 0. The van der Waals surface area contributed by atoms with Crippen LogP contribution in [-0.4, -0.2) is 11.8 Å². The maximum absolute atomic E-state index is 5.99. The largest absolute Gasteiger partial charge is 0.327 e. The molecule has 1 aromatic carbocycles. The van der Waals surface area contributed by atoms with E-state index in [1.807, 2.05) is 36.9 Å². The van der Waals surface area contributed by atoms with Crippen LogP contribution in [0.2, 0.25) is 5.02 Å². The minimum atomic E-state index is 0.257. The Balaban J connectivity index is 2.41. The van der Waals surface area contributed by atoms with E-state index in [9.17, 15) is 0 Å². The van der Waals surface area contributed by atoms with Gasteiger partial charge in [-0.05, 0) is 18.6 Å². The highest BCUT2D eigenvalue weighted by molar-refractivity contribution is 7.98. The summed E-state index contributed by atoms with van der Waals surface area (Å²) in [5.41, 5.74) is 6.83. The maximum atomic E-state index is 5.99. The zero-order valence-electron chi connectivity index (χ0n) is 7.66. The molecule has 0 amide bonds. The predicted octanol–water partition coefficient (Wildman–Crippen LogP) is 2.92. The summed E-state index contributed by atoms with van der Waals surface area (Å²) in [5, 5.41) is 0.847. The van der Waals surface area contributed by atoms with Gasteiger partial charge in [0.25, 0.3) is 0 Å². The lowest BCUT2D eigenvalue weighted by Crippen LogP contribution is -2.17. The van der Waals surface area contributed by atoms with Gasteiger partial charge in [-0.25, -0.2) is 0 Å². The van der Waals surface area contributed by atoms with Crippen molar-refractivity contribution >= 4 is 23.4 Å². The van der Waals surface area contributed by atoms with E-state index in [-0.39, 0.29) is 6.04 Å². The Hall–Kier alpha value is -0.180. The topological polar surface area (TPSA) is 26.0 Å². The van der Waals surface area contributed by atoms with Crippen molar-refractivity contribution in [1.29, 1.82) is 0 Å². The van der Waals surface area contributed by atoms with Gasteiger partial charge in [0.2, 0.25) is 0 Å². The Kier molecular flexibility index (Phi) is 4.64. The van der Waals surface area contributed by atoms with E-state index in [0.29, 0.717) is 0 Å². The van der Waals surface area contributed by atoms with Gasteiger partial charge in [0, 0.05) is 22.6 Å². The molecule has 0 saturated heterocycles. The van der Waals surface area contributed by atoms with Crippen molar-refractivity contribution in [3.8, 4) is 0 Å². The van der Waals surface area contributed by atoms with Crippen LogP contribution < -0.4 is 5.73 Å². The zero-order chi connectivity index (χ0) is 9.68. The van der Waals surface area contributed by atoms with Gasteiger partial charge in [0.1, 0.15) is 0 Å². The maximum Gasteiger partial charge on any atom is 0.0446 e. The van der Waals surface area contributed by atoms with Crippen molar-refractivity contribution in [1.82, 2.24) is 0 Å². The summed E-state index contributed by atoms with van der Waals surface area (Å²) in [5.74, 6) is 1.92. The normalized spacial score (nSPS) is 12.8. The Labute approximate surface area is 88.7 Å². The molecule has 0 spiro atoms. The van der Waals surface area contributed by atoms with Crippen molar-refractivity contribution < 1.29 is 0 Å². The smallest absolute Gasteiger partial charge is 0.0446 e. The van der Waals surface area contributed by atoms with E-state index < -0.39 is 0 Å². The molecular formula is C10H14ClNS. The van der Waals surface area contributed by atoms with E-state index >= 15 is 0 Å². The van der Waals surface area contributed by atoms with Crippen LogP contribution in [-0.2, 0) is 5.75 Å². The Bertz CT molecular complexity index is 263. The fraction of sp³-hybridized carbons (Fsp3) is 0.400. The number of rotatable bonds is 4. The molecule has 0 aliphatic heterocycles. The molecule has 1 nitrogen and oxygen atoms in total. The molecule has 1 atom stereocenters. The molecule has 13 heavy (non-hydrogen) atoms. The molecule has 3 heteroatoms. The molecule has 0 aliphatic rings. The Morgan fingerprint density at radius 1 is 1.46 bits per heavy atom. The molecule has 72 valence electrons. The molecule has 0 aliphatic carbocycles. The van der Waals surface area contributed by atoms with Crippen molar-refractivity contribution in [3.63, 3.8) is 0 Å². The van der Waals surface area contributed by atoms with E-state index in [1.165, 1.54) is 5.56 Å². The predicted molar refractivity (Wildman–Crippen MR) is 61.3 cm³/mol. The van der Waals surface area contributed by atoms with Crippen molar-refractivity contribution in [2.75, 3.05) is 5.75 Å². The summed E-state index contributed by atoms with van der Waals surface area (Å²) in [6.45, 7) is 2.01. The van der Waals surface area contributed by atoms with Crippen molar-refractivity contribution in [2.24, 2.45) is 5.73 Å². The molecule has 0 unspecified atom stereocenters. The first-order valence-electron chi connectivity index (χ1n) is 4.27. The average Bonchev–Trinajstić information content (AvgIpc) is 2.08. The number of benzene rings is 1. The van der Waals surface area contributed by atoms with Crippen LogP contribution in [0.4, 0.5) is 0 Å². The lowest BCUT2D eigenvalue weighted by atomic mass is 10.2. The number of nitrogens with two attached hydrogens (primary N) is 1. The molecule has 0 heterocycles. The highest BCUT2D eigenvalue weighted by atomic mass is 35.5. The van der Waals surface area contributed by atoms with Gasteiger partial charge in [0.15, 0.2) is 0 Å². The third-order valence-corrected chi connectivity index (χ3v) is 3.24. The first-order chi connectivity index (χ1) is 6.20. The summed E-state index contributed by atoms with van der Waals surface area (Å²) in [6, 6.07) is 8.18. The molecule has 0 fully saturated rings. The fourth-order valence-electron chi connectivity index (χ4n) is 0.970. The minimum absolute atomic E-state index is 0.257.